The summed E-state index contributed by atoms with van der Waals surface area (Å²) in [5, 5.41) is 36.5. The summed E-state index contributed by atoms with van der Waals surface area (Å²) < 4.78 is 0. The summed E-state index contributed by atoms with van der Waals surface area (Å²) in [6.07, 6.45) is 0. The Labute approximate surface area is 147 Å². The first-order chi connectivity index (χ1) is 9.08. The van der Waals surface area contributed by atoms with Gasteiger partial charge < -0.3 is 62.5 Å². The van der Waals surface area contributed by atoms with Gasteiger partial charge in [0.05, 0.1) is 23.9 Å². The van der Waals surface area contributed by atoms with Crippen molar-refractivity contribution in [2.24, 2.45) is 22.9 Å². The minimum atomic E-state index is -1.22. The van der Waals surface area contributed by atoms with Gasteiger partial charge in [0.2, 0.25) is 0 Å². The van der Waals surface area contributed by atoms with Crippen LogP contribution in [0.3, 0.4) is 0 Å². The number of nitrogens with two attached hydrogens (primary N) is 4. The van der Waals surface area contributed by atoms with Crippen LogP contribution in [-0.4, -0.2) is 50.1 Å². The van der Waals surface area contributed by atoms with Crippen LogP contribution in [0, 0.1) is 0 Å². The first-order valence-corrected chi connectivity index (χ1v) is 4.68. The van der Waals surface area contributed by atoms with Gasteiger partial charge in [-0.3, -0.25) is 0 Å². The number of carboxylic acids is 4. The van der Waals surface area contributed by atoms with Gasteiger partial charge in [0.25, 0.3) is 0 Å². The molecule has 0 spiro atoms. The summed E-state index contributed by atoms with van der Waals surface area (Å²) >= 11 is 0. The maximum Gasteiger partial charge on any atom is 2.00 e. The minimum absolute atomic E-state index is 0. The van der Waals surface area contributed by atoms with Crippen LogP contribution in [0.5, 0.6) is 0 Å². The van der Waals surface area contributed by atoms with Crippen LogP contribution < -0.4 is 43.4 Å². The van der Waals surface area contributed by atoms with E-state index in [2.05, 4.69) is 22.9 Å². The molecule has 2 radical (unpaired) electrons. The molecular formula is C8H16Cu2N4O8. The van der Waals surface area contributed by atoms with Crippen LogP contribution >= 0.6 is 0 Å². The van der Waals surface area contributed by atoms with Crippen LogP contribution in [0.2, 0.25) is 0 Å². The van der Waals surface area contributed by atoms with Crippen LogP contribution in [0.4, 0.5) is 0 Å². The van der Waals surface area contributed by atoms with E-state index in [1.165, 1.54) is 0 Å². The van der Waals surface area contributed by atoms with Crippen LogP contribution in [0.15, 0.2) is 0 Å². The van der Waals surface area contributed by atoms with E-state index in [1.807, 2.05) is 0 Å². The van der Waals surface area contributed by atoms with Gasteiger partial charge in [0, 0.05) is 26.2 Å². The first kappa shape index (κ1) is 37.2. The van der Waals surface area contributed by atoms with E-state index in [9.17, 15) is 0 Å². The topological polar surface area (TPSA) is 265 Å². The Balaban J connectivity index is -0.0000000376. The molecule has 0 amide bonds. The van der Waals surface area contributed by atoms with Crippen molar-refractivity contribution in [2.45, 2.75) is 0 Å². The normalized spacial score (nSPS) is 6.73. The molecule has 0 saturated heterocycles. The third kappa shape index (κ3) is 130. The van der Waals surface area contributed by atoms with Gasteiger partial charge in [0.15, 0.2) is 0 Å². The number of hydrogen-bond acceptors (Lipinski definition) is 12. The summed E-state index contributed by atoms with van der Waals surface area (Å²) in [6, 6.07) is 0. The third-order valence-electron chi connectivity index (χ3n) is 0.667. The Morgan fingerprint density at radius 2 is 0.545 bits per heavy atom. The molecule has 138 valence electrons. The molecule has 12 nitrogen and oxygen atoms in total. The van der Waals surface area contributed by atoms with Gasteiger partial charge in [-0.2, -0.15) is 0 Å². The second kappa shape index (κ2) is 31.9. The molecule has 14 heteroatoms. The molecule has 0 atom stereocenters. The fourth-order valence-electron chi connectivity index (χ4n) is 0. The van der Waals surface area contributed by atoms with Gasteiger partial charge in [0.1, 0.15) is 0 Å². The molecule has 0 aromatic heterocycles. The predicted octanol–water partition coefficient (Wildman–Crippen LogP) is -9.23. The van der Waals surface area contributed by atoms with E-state index in [-0.39, 0.29) is 60.3 Å². The molecule has 0 unspecified atom stereocenters. The summed E-state index contributed by atoms with van der Waals surface area (Å²) in [5.74, 6) is -4.87. The molecule has 8 N–H and O–H groups in total. The van der Waals surface area contributed by atoms with Crippen LogP contribution in [0.25, 0.3) is 0 Å². The molecule has 0 aliphatic carbocycles. The number of carboxylic acid groups (broad SMARTS) is 4. The molecule has 0 aliphatic rings. The van der Waals surface area contributed by atoms with Crippen LogP contribution in [0.1, 0.15) is 0 Å². The zero-order valence-electron chi connectivity index (χ0n) is 11.0. The van der Waals surface area contributed by atoms with Gasteiger partial charge >= 0.3 is 34.1 Å². The van der Waals surface area contributed by atoms with Crippen molar-refractivity contribution in [2.75, 3.05) is 26.2 Å². The van der Waals surface area contributed by atoms with Crippen molar-refractivity contribution in [1.82, 2.24) is 0 Å². The summed E-state index contributed by atoms with van der Waals surface area (Å²) in [6.45, 7) is -1.56. The monoisotopic (exact) mass is 422 g/mol. The Bertz CT molecular complexity index is 237. The zero-order chi connectivity index (χ0) is 17.1. The van der Waals surface area contributed by atoms with Gasteiger partial charge in [-0.25, -0.2) is 0 Å². The van der Waals surface area contributed by atoms with E-state index in [0.717, 1.165) is 0 Å². The van der Waals surface area contributed by atoms with E-state index in [1.54, 1.807) is 0 Å². The van der Waals surface area contributed by atoms with Crippen molar-refractivity contribution in [1.29, 1.82) is 0 Å². The summed E-state index contributed by atoms with van der Waals surface area (Å²) in [5.41, 5.74) is 18.0. The van der Waals surface area contributed by atoms with Gasteiger partial charge in [-0.05, 0) is 0 Å². The maximum absolute atomic E-state index is 9.13. The van der Waals surface area contributed by atoms with Crippen molar-refractivity contribution >= 4 is 23.9 Å². The Kier molecular flexibility index (Phi) is 54.0. The van der Waals surface area contributed by atoms with Gasteiger partial charge in [-0.15, -0.1) is 0 Å². The molecule has 0 rings (SSSR count). The second-order valence-corrected chi connectivity index (χ2v) is 2.30. The molecule has 0 fully saturated rings. The number of hydrogen-bond donors (Lipinski definition) is 4. The van der Waals surface area contributed by atoms with Crippen molar-refractivity contribution in [3.05, 3.63) is 0 Å². The molecule has 0 aromatic rings. The molecule has 0 aromatic carbocycles. The summed E-state index contributed by atoms with van der Waals surface area (Å²) in [7, 11) is 0. The number of carbonyl (C=O) groups is 4. The average molecular weight is 423 g/mol. The van der Waals surface area contributed by atoms with E-state index < -0.39 is 23.9 Å². The largest absolute Gasteiger partial charge is 2.00 e. The number of aliphatic carboxylic acids is 4. The first-order valence-electron chi connectivity index (χ1n) is 4.68. The van der Waals surface area contributed by atoms with E-state index >= 15 is 0 Å². The number of rotatable bonds is 4. The van der Waals surface area contributed by atoms with Gasteiger partial charge in [-0.1, -0.05) is 0 Å². The molecule has 0 heterocycles. The minimum Gasteiger partial charge on any atom is -0.549 e. The second-order valence-electron chi connectivity index (χ2n) is 2.30. The Morgan fingerprint density at radius 3 is 0.545 bits per heavy atom. The van der Waals surface area contributed by atoms with Crippen LogP contribution in [-0.2, 0) is 53.3 Å². The Hall–Kier alpha value is -1.24. The fraction of sp³-hybridized carbons (Fsp3) is 0.500. The van der Waals surface area contributed by atoms with E-state index in [4.69, 9.17) is 39.6 Å². The van der Waals surface area contributed by atoms with Crippen molar-refractivity contribution in [3.63, 3.8) is 0 Å². The smallest absolute Gasteiger partial charge is 0.549 e. The van der Waals surface area contributed by atoms with E-state index in [0.29, 0.717) is 0 Å². The molecule has 0 bridgehead atoms. The van der Waals surface area contributed by atoms with Crippen molar-refractivity contribution in [3.8, 4) is 0 Å². The SMILES string of the molecule is NCC(=O)[O-].NCC(=O)[O-].NCC(=O)[O-].NCC(=O)[O-].[Cu+2].[Cu+2]. The average Bonchev–Trinajstić information content (AvgIpc) is 2.40. The maximum atomic E-state index is 9.13. The molecular weight excluding hydrogens is 407 g/mol. The fourth-order valence-corrected chi connectivity index (χ4v) is 0. The molecule has 22 heavy (non-hydrogen) atoms. The number of carbonyl (C=O) groups excluding carboxylic acids is 4. The molecule has 0 saturated carbocycles. The standard InChI is InChI=1S/4C2H5NO2.2Cu/c4*3-1-2(4)5;;/h4*1,3H2,(H,4,5);;/q;;;;2*+2/p-4. The van der Waals surface area contributed by atoms with Crippen molar-refractivity contribution < 1.29 is 73.7 Å². The predicted molar refractivity (Wildman–Crippen MR) is 56.2 cm³/mol. The third-order valence-corrected chi connectivity index (χ3v) is 0.667. The molecule has 0 aliphatic heterocycles. The zero-order valence-corrected chi connectivity index (χ0v) is 12.9. The summed E-state index contributed by atoms with van der Waals surface area (Å²) in [4.78, 5) is 36.5. The Morgan fingerprint density at radius 1 is 0.500 bits per heavy atom. The quantitative estimate of drug-likeness (QED) is 0.307.